The minimum Gasteiger partial charge on any atom is -0.493 e. The standard InChI is InChI=1S/C8H9NO4/c1-9-7(11)3-5(10)6(13-2)4-8(9)12/h4H,3H2,1-2H3. The zero-order chi connectivity index (χ0) is 10.0. The number of ether oxygens (including phenoxy) is 1. The van der Waals surface area contributed by atoms with E-state index < -0.39 is 17.6 Å². The van der Waals surface area contributed by atoms with E-state index in [1.807, 2.05) is 0 Å². The monoisotopic (exact) mass is 183 g/mol. The first kappa shape index (κ1) is 9.44. The zero-order valence-corrected chi connectivity index (χ0v) is 7.36. The van der Waals surface area contributed by atoms with Crippen LogP contribution in [0.1, 0.15) is 6.42 Å². The third-order valence-electron chi connectivity index (χ3n) is 1.77. The topological polar surface area (TPSA) is 63.7 Å². The number of methoxy groups -OCH3 is 1. The predicted octanol–water partition coefficient (Wildman–Crippen LogP) is -0.526. The molecule has 0 fully saturated rings. The molecular formula is C8H9NO4. The fourth-order valence-corrected chi connectivity index (χ4v) is 0.928. The first-order valence-corrected chi connectivity index (χ1v) is 3.65. The molecule has 0 N–H and O–H groups in total. The summed E-state index contributed by atoms with van der Waals surface area (Å²) in [6, 6.07) is 0. The Bertz CT molecular complexity index is 305. The lowest BCUT2D eigenvalue weighted by atomic mass is 10.2. The number of amides is 2. The first-order valence-electron chi connectivity index (χ1n) is 3.65. The van der Waals surface area contributed by atoms with Crippen molar-refractivity contribution in [2.45, 2.75) is 6.42 Å². The lowest BCUT2D eigenvalue weighted by Gasteiger charge is -2.08. The van der Waals surface area contributed by atoms with Crippen LogP contribution in [-0.4, -0.2) is 36.7 Å². The molecular weight excluding hydrogens is 174 g/mol. The van der Waals surface area contributed by atoms with Crippen LogP contribution in [-0.2, 0) is 19.1 Å². The first-order chi connectivity index (χ1) is 6.06. The van der Waals surface area contributed by atoms with E-state index in [0.29, 0.717) is 0 Å². The number of nitrogens with zero attached hydrogens (tertiary/aromatic N) is 1. The van der Waals surface area contributed by atoms with Crippen LogP contribution in [0.5, 0.6) is 0 Å². The maximum absolute atomic E-state index is 11.2. The van der Waals surface area contributed by atoms with Gasteiger partial charge in [0.15, 0.2) is 5.76 Å². The Morgan fingerprint density at radius 3 is 2.54 bits per heavy atom. The predicted molar refractivity (Wildman–Crippen MR) is 42.5 cm³/mol. The Kier molecular flexibility index (Phi) is 2.46. The van der Waals surface area contributed by atoms with E-state index in [-0.39, 0.29) is 12.2 Å². The second-order valence-corrected chi connectivity index (χ2v) is 2.60. The van der Waals surface area contributed by atoms with Crippen LogP contribution in [0, 0.1) is 0 Å². The summed E-state index contributed by atoms with van der Waals surface area (Å²) in [5.74, 6) is -1.58. The molecule has 1 rings (SSSR count). The van der Waals surface area contributed by atoms with Gasteiger partial charge < -0.3 is 4.74 Å². The molecule has 70 valence electrons. The van der Waals surface area contributed by atoms with Crippen LogP contribution in [0.2, 0.25) is 0 Å². The van der Waals surface area contributed by atoms with Gasteiger partial charge in [0, 0.05) is 13.1 Å². The molecule has 5 nitrogen and oxygen atoms in total. The van der Waals surface area contributed by atoms with Crippen molar-refractivity contribution in [2.75, 3.05) is 14.2 Å². The van der Waals surface area contributed by atoms with Gasteiger partial charge in [0.05, 0.1) is 13.5 Å². The lowest BCUT2D eigenvalue weighted by molar-refractivity contribution is -0.140. The molecule has 0 atom stereocenters. The maximum Gasteiger partial charge on any atom is 0.256 e. The van der Waals surface area contributed by atoms with Gasteiger partial charge in [-0.15, -0.1) is 0 Å². The third-order valence-corrected chi connectivity index (χ3v) is 1.77. The van der Waals surface area contributed by atoms with Crippen molar-refractivity contribution in [3.05, 3.63) is 11.8 Å². The average Bonchev–Trinajstić information content (AvgIpc) is 2.18. The summed E-state index contributed by atoms with van der Waals surface area (Å²) >= 11 is 0. The number of allylic oxidation sites excluding steroid dienone is 1. The van der Waals surface area contributed by atoms with E-state index in [1.165, 1.54) is 14.2 Å². The van der Waals surface area contributed by atoms with Gasteiger partial charge in [0.2, 0.25) is 11.7 Å². The highest BCUT2D eigenvalue weighted by Crippen LogP contribution is 2.09. The molecule has 13 heavy (non-hydrogen) atoms. The molecule has 0 saturated carbocycles. The summed E-state index contributed by atoms with van der Waals surface area (Å²) < 4.78 is 4.66. The van der Waals surface area contributed by atoms with E-state index in [2.05, 4.69) is 4.74 Å². The smallest absolute Gasteiger partial charge is 0.256 e. The number of likely N-dealkylation sites (N-methyl/N-ethyl adjacent to an activating group) is 1. The Morgan fingerprint density at radius 1 is 1.38 bits per heavy atom. The van der Waals surface area contributed by atoms with Gasteiger partial charge in [-0.1, -0.05) is 0 Å². The van der Waals surface area contributed by atoms with Gasteiger partial charge in [-0.25, -0.2) is 0 Å². The molecule has 0 spiro atoms. The molecule has 0 bridgehead atoms. The Hall–Kier alpha value is -1.65. The molecule has 0 radical (unpaired) electrons. The largest absolute Gasteiger partial charge is 0.493 e. The van der Waals surface area contributed by atoms with Gasteiger partial charge in [0.1, 0.15) is 0 Å². The summed E-state index contributed by atoms with van der Waals surface area (Å²) in [5.41, 5.74) is 0. The Morgan fingerprint density at radius 2 is 2.00 bits per heavy atom. The van der Waals surface area contributed by atoms with Gasteiger partial charge in [-0.3, -0.25) is 19.3 Å². The number of hydrogen-bond donors (Lipinski definition) is 0. The Labute approximate surface area is 75.0 Å². The van der Waals surface area contributed by atoms with Crippen LogP contribution in [0.3, 0.4) is 0 Å². The van der Waals surface area contributed by atoms with Gasteiger partial charge in [-0.05, 0) is 0 Å². The molecule has 1 heterocycles. The quantitative estimate of drug-likeness (QED) is 0.405. The SMILES string of the molecule is COC1=CC(=O)N(C)C(=O)CC1=O. The van der Waals surface area contributed by atoms with E-state index in [9.17, 15) is 14.4 Å². The van der Waals surface area contributed by atoms with E-state index in [4.69, 9.17) is 0 Å². The molecule has 2 amide bonds. The fraction of sp³-hybridized carbons (Fsp3) is 0.375. The van der Waals surface area contributed by atoms with Crippen molar-refractivity contribution in [2.24, 2.45) is 0 Å². The fourth-order valence-electron chi connectivity index (χ4n) is 0.928. The van der Waals surface area contributed by atoms with E-state index in [1.54, 1.807) is 0 Å². The maximum atomic E-state index is 11.2. The molecule has 0 aromatic carbocycles. The summed E-state index contributed by atoms with van der Waals surface area (Å²) in [7, 11) is 2.61. The minimum atomic E-state index is -0.535. The third kappa shape index (κ3) is 1.74. The van der Waals surface area contributed by atoms with Gasteiger partial charge in [0.25, 0.3) is 5.91 Å². The molecule has 5 heteroatoms. The summed E-state index contributed by atoms with van der Waals surface area (Å²) in [5, 5.41) is 0. The van der Waals surface area contributed by atoms with E-state index >= 15 is 0 Å². The van der Waals surface area contributed by atoms with Crippen LogP contribution in [0.4, 0.5) is 0 Å². The highest BCUT2D eigenvalue weighted by Gasteiger charge is 2.26. The number of ketones is 1. The average molecular weight is 183 g/mol. The summed E-state index contributed by atoms with van der Waals surface area (Å²) in [4.78, 5) is 34.3. The molecule has 0 unspecified atom stereocenters. The molecule has 0 aliphatic carbocycles. The van der Waals surface area contributed by atoms with Crippen LogP contribution in [0.15, 0.2) is 11.8 Å². The number of Topliss-reactive ketones (excluding diaryl/α,β-unsaturated/α-hetero) is 1. The molecule has 0 aromatic rings. The van der Waals surface area contributed by atoms with Crippen LogP contribution < -0.4 is 0 Å². The van der Waals surface area contributed by atoms with Crippen LogP contribution >= 0.6 is 0 Å². The highest BCUT2D eigenvalue weighted by atomic mass is 16.5. The molecule has 0 saturated heterocycles. The van der Waals surface area contributed by atoms with Crippen molar-refractivity contribution in [1.29, 1.82) is 0 Å². The highest BCUT2D eigenvalue weighted by molar-refractivity contribution is 6.16. The van der Waals surface area contributed by atoms with Crippen molar-refractivity contribution >= 4 is 17.6 Å². The number of imide groups is 1. The van der Waals surface area contributed by atoms with Crippen molar-refractivity contribution < 1.29 is 19.1 Å². The normalized spacial score (nSPS) is 18.5. The van der Waals surface area contributed by atoms with E-state index in [0.717, 1.165) is 11.0 Å². The lowest BCUT2D eigenvalue weighted by Crippen LogP contribution is -2.30. The molecule has 1 aliphatic rings. The minimum absolute atomic E-state index is 0.0669. The van der Waals surface area contributed by atoms with Gasteiger partial charge in [-0.2, -0.15) is 0 Å². The molecule has 1 aliphatic heterocycles. The number of rotatable bonds is 1. The second-order valence-electron chi connectivity index (χ2n) is 2.60. The second kappa shape index (κ2) is 3.38. The van der Waals surface area contributed by atoms with Crippen molar-refractivity contribution in [1.82, 2.24) is 4.90 Å². The summed E-state index contributed by atoms with van der Waals surface area (Å²) in [6.07, 6.45) is 0.704. The zero-order valence-electron chi connectivity index (χ0n) is 7.36. The van der Waals surface area contributed by atoms with Crippen LogP contribution in [0.25, 0.3) is 0 Å². The number of carbonyl (C=O) groups is 3. The summed E-state index contributed by atoms with van der Waals surface area (Å²) in [6.45, 7) is 0. The van der Waals surface area contributed by atoms with Gasteiger partial charge >= 0.3 is 0 Å². The number of hydrogen-bond acceptors (Lipinski definition) is 4. The Balaban J connectivity index is 3.02. The number of carbonyl (C=O) groups excluding carboxylic acids is 3. The molecule has 0 aromatic heterocycles. The van der Waals surface area contributed by atoms with Crippen molar-refractivity contribution in [3.8, 4) is 0 Å². The van der Waals surface area contributed by atoms with Crippen molar-refractivity contribution in [3.63, 3.8) is 0 Å².